The maximum Gasteiger partial charge on any atom is 0.261 e. The summed E-state index contributed by atoms with van der Waals surface area (Å²) in [4.78, 5) is 4.05. The Labute approximate surface area is 131 Å². The first kappa shape index (κ1) is 16.1. The van der Waals surface area contributed by atoms with Crippen molar-refractivity contribution >= 4 is 31.3 Å². The molecule has 21 heavy (non-hydrogen) atoms. The summed E-state index contributed by atoms with van der Waals surface area (Å²) < 4.78 is 32.8. The number of hydrogen-bond acceptors (Lipinski definition) is 6. The first-order chi connectivity index (χ1) is 9.77. The van der Waals surface area contributed by atoms with Gasteiger partial charge in [-0.25, -0.2) is 8.42 Å². The van der Waals surface area contributed by atoms with Crippen LogP contribution in [-0.2, 0) is 15.7 Å². The van der Waals surface area contributed by atoms with E-state index in [1.54, 1.807) is 0 Å². The van der Waals surface area contributed by atoms with E-state index in [0.717, 1.165) is 0 Å². The quantitative estimate of drug-likeness (QED) is 0.769. The van der Waals surface area contributed by atoms with Crippen LogP contribution in [-0.4, -0.2) is 18.6 Å². The third-order valence-corrected chi connectivity index (χ3v) is 4.17. The van der Waals surface area contributed by atoms with E-state index in [4.69, 9.17) is 31.5 Å². The fourth-order valence-corrected chi connectivity index (χ4v) is 2.53. The van der Waals surface area contributed by atoms with Gasteiger partial charge < -0.3 is 9.26 Å². The maximum absolute atomic E-state index is 11.2. The summed E-state index contributed by atoms with van der Waals surface area (Å²) in [7, 11) is 1.41. The lowest BCUT2D eigenvalue weighted by Gasteiger charge is -2.06. The molecule has 0 aliphatic rings. The first-order valence-corrected chi connectivity index (χ1v) is 8.65. The smallest absolute Gasteiger partial charge is 0.261 e. The van der Waals surface area contributed by atoms with Crippen molar-refractivity contribution in [3.63, 3.8) is 0 Å². The van der Waals surface area contributed by atoms with E-state index >= 15 is 0 Å². The Bertz CT molecular complexity index is 743. The van der Waals surface area contributed by atoms with Crippen LogP contribution >= 0.6 is 22.3 Å². The van der Waals surface area contributed by atoms with Gasteiger partial charge in [0.1, 0.15) is 5.75 Å². The highest BCUT2D eigenvalue weighted by Gasteiger charge is 2.14. The zero-order valence-electron chi connectivity index (χ0n) is 11.2. The largest absolute Gasteiger partial charge is 0.484 e. The summed E-state index contributed by atoms with van der Waals surface area (Å²) in [5, 5.41) is 3.90. The van der Waals surface area contributed by atoms with Crippen molar-refractivity contribution in [3.8, 4) is 5.75 Å². The minimum Gasteiger partial charge on any atom is -0.484 e. The fraction of sp³-hybridized carbons (Fsp3) is 0.333. The Morgan fingerprint density at radius 3 is 2.62 bits per heavy atom. The summed E-state index contributed by atoms with van der Waals surface area (Å²) in [5.74, 6) is 1.33. The minimum atomic E-state index is -3.82. The highest BCUT2D eigenvalue weighted by Crippen LogP contribution is 2.29. The van der Waals surface area contributed by atoms with Gasteiger partial charge in [-0.2, -0.15) is 4.98 Å². The first-order valence-electron chi connectivity index (χ1n) is 5.97. The number of ether oxygens (including phenoxy) is 1. The normalized spacial score (nSPS) is 11.9. The molecule has 0 aliphatic carbocycles. The average Bonchev–Trinajstić information content (AvgIpc) is 2.85. The molecule has 0 N–H and O–H groups in total. The summed E-state index contributed by atoms with van der Waals surface area (Å²) in [6, 6.07) is 3.94. The number of rotatable bonds is 5. The van der Waals surface area contributed by atoms with Crippen molar-refractivity contribution in [2.75, 3.05) is 0 Å². The molecule has 1 heterocycles. The van der Waals surface area contributed by atoms with Crippen molar-refractivity contribution in [2.24, 2.45) is 0 Å². The standard InChI is InChI=1S/C12H12Cl2N2O4S/c1-7(2)12-15-11(16-20-12)6-19-10-4-3-8(5-9(10)13)21(14,17)18/h3-5,7H,6H2,1-2H3. The van der Waals surface area contributed by atoms with Crippen LogP contribution in [0.15, 0.2) is 27.6 Å². The van der Waals surface area contributed by atoms with Gasteiger partial charge in [0.05, 0.1) is 9.92 Å². The second kappa shape index (κ2) is 6.21. The molecule has 0 unspecified atom stereocenters. The number of aromatic nitrogens is 2. The molecule has 9 heteroatoms. The number of hydrogen-bond donors (Lipinski definition) is 0. The summed E-state index contributed by atoms with van der Waals surface area (Å²) in [6.07, 6.45) is 0. The van der Waals surface area contributed by atoms with E-state index < -0.39 is 9.05 Å². The van der Waals surface area contributed by atoms with Crippen LogP contribution in [0.1, 0.15) is 31.5 Å². The van der Waals surface area contributed by atoms with Gasteiger partial charge in [-0.3, -0.25) is 0 Å². The fourth-order valence-electron chi connectivity index (χ4n) is 1.45. The molecular formula is C12H12Cl2N2O4S. The lowest BCUT2D eigenvalue weighted by atomic mass is 10.2. The van der Waals surface area contributed by atoms with E-state index in [0.29, 0.717) is 17.5 Å². The molecule has 0 aliphatic heterocycles. The van der Waals surface area contributed by atoms with Crippen LogP contribution < -0.4 is 4.74 Å². The predicted molar refractivity (Wildman–Crippen MR) is 77.2 cm³/mol. The Morgan fingerprint density at radius 2 is 2.10 bits per heavy atom. The average molecular weight is 351 g/mol. The minimum absolute atomic E-state index is 0.0584. The van der Waals surface area contributed by atoms with Crippen LogP contribution in [0.2, 0.25) is 5.02 Å². The Kier molecular flexibility index (Phi) is 4.75. The monoisotopic (exact) mass is 350 g/mol. The Hall–Kier alpha value is -1.31. The van der Waals surface area contributed by atoms with Crippen LogP contribution in [0.3, 0.4) is 0 Å². The van der Waals surface area contributed by atoms with Crippen molar-refractivity contribution < 1.29 is 17.7 Å². The van der Waals surface area contributed by atoms with Gasteiger partial charge in [-0.15, -0.1) is 0 Å². The lowest BCUT2D eigenvalue weighted by Crippen LogP contribution is -1.99. The van der Waals surface area contributed by atoms with Crippen molar-refractivity contribution in [3.05, 3.63) is 34.9 Å². The third-order valence-electron chi connectivity index (χ3n) is 2.52. The number of halogens is 2. The Morgan fingerprint density at radius 1 is 1.38 bits per heavy atom. The molecule has 0 fully saturated rings. The van der Waals surface area contributed by atoms with Crippen molar-refractivity contribution in [1.29, 1.82) is 0 Å². The molecule has 2 rings (SSSR count). The zero-order chi connectivity index (χ0) is 15.6. The molecule has 0 atom stereocenters. The molecule has 0 bridgehead atoms. The van der Waals surface area contributed by atoms with Crippen molar-refractivity contribution in [2.45, 2.75) is 31.3 Å². The maximum atomic E-state index is 11.2. The van der Waals surface area contributed by atoms with Gasteiger partial charge in [-0.05, 0) is 18.2 Å². The number of benzene rings is 1. The molecule has 6 nitrogen and oxygen atoms in total. The van der Waals surface area contributed by atoms with E-state index in [2.05, 4.69) is 10.1 Å². The van der Waals surface area contributed by atoms with Gasteiger partial charge >= 0.3 is 0 Å². The molecule has 1 aromatic heterocycles. The second-order valence-electron chi connectivity index (χ2n) is 4.52. The van der Waals surface area contributed by atoms with Gasteiger partial charge in [0.15, 0.2) is 6.61 Å². The van der Waals surface area contributed by atoms with E-state index in [-0.39, 0.29) is 22.4 Å². The van der Waals surface area contributed by atoms with Gasteiger partial charge in [-0.1, -0.05) is 30.6 Å². The molecule has 1 aromatic carbocycles. The molecule has 0 saturated carbocycles. The molecule has 0 saturated heterocycles. The Balaban J connectivity index is 2.09. The van der Waals surface area contributed by atoms with Gasteiger partial charge in [0.2, 0.25) is 11.7 Å². The van der Waals surface area contributed by atoms with E-state index in [1.807, 2.05) is 13.8 Å². The molecule has 114 valence electrons. The highest BCUT2D eigenvalue weighted by molar-refractivity contribution is 8.13. The molecule has 0 radical (unpaired) electrons. The summed E-state index contributed by atoms with van der Waals surface area (Å²) in [5.41, 5.74) is 0. The SMILES string of the molecule is CC(C)c1nc(COc2ccc(S(=O)(=O)Cl)cc2Cl)no1. The van der Waals surface area contributed by atoms with Gasteiger partial charge in [0.25, 0.3) is 9.05 Å². The van der Waals surface area contributed by atoms with Crippen LogP contribution in [0.4, 0.5) is 0 Å². The molecular weight excluding hydrogens is 339 g/mol. The van der Waals surface area contributed by atoms with Crippen LogP contribution in [0, 0.1) is 0 Å². The summed E-state index contributed by atoms with van der Waals surface area (Å²) in [6.45, 7) is 3.92. The topological polar surface area (TPSA) is 82.3 Å². The molecule has 0 amide bonds. The van der Waals surface area contributed by atoms with E-state index in [9.17, 15) is 8.42 Å². The van der Waals surface area contributed by atoms with E-state index in [1.165, 1.54) is 18.2 Å². The van der Waals surface area contributed by atoms with Crippen molar-refractivity contribution in [1.82, 2.24) is 10.1 Å². The zero-order valence-corrected chi connectivity index (χ0v) is 13.5. The number of nitrogens with zero attached hydrogens (tertiary/aromatic N) is 2. The molecule has 2 aromatic rings. The third kappa shape index (κ3) is 4.09. The van der Waals surface area contributed by atoms with Crippen LogP contribution in [0.25, 0.3) is 0 Å². The predicted octanol–water partition coefficient (Wildman–Crippen LogP) is 3.35. The lowest BCUT2D eigenvalue weighted by molar-refractivity contribution is 0.284. The molecule has 0 spiro atoms. The van der Waals surface area contributed by atoms with Crippen LogP contribution in [0.5, 0.6) is 5.75 Å². The summed E-state index contributed by atoms with van der Waals surface area (Å²) >= 11 is 5.94. The van der Waals surface area contributed by atoms with Gasteiger partial charge in [0, 0.05) is 16.6 Å². The highest BCUT2D eigenvalue weighted by atomic mass is 35.7. The second-order valence-corrected chi connectivity index (χ2v) is 7.50.